The standard InChI is InChI=1S/C21H19ClN4O2S/c1-14-8-10-15(11-9-14)17-13-29-21-24-20(25-26(17)21)23-19(27)7-4-12-28-18-6-3-2-5-16(18)22/h2-3,5-6,8-11,13H,4,7,12H2,1H3,(H,23,25,27). The van der Waals surface area contributed by atoms with Gasteiger partial charge in [0.1, 0.15) is 5.75 Å². The molecule has 0 bridgehead atoms. The van der Waals surface area contributed by atoms with Crippen molar-refractivity contribution >= 4 is 39.8 Å². The van der Waals surface area contributed by atoms with E-state index >= 15 is 0 Å². The largest absolute Gasteiger partial charge is 0.492 e. The monoisotopic (exact) mass is 426 g/mol. The molecule has 0 aliphatic heterocycles. The van der Waals surface area contributed by atoms with Crippen LogP contribution in [0.25, 0.3) is 16.2 Å². The lowest BCUT2D eigenvalue weighted by Crippen LogP contribution is -2.14. The van der Waals surface area contributed by atoms with Gasteiger partial charge in [-0.2, -0.15) is 4.98 Å². The molecule has 4 aromatic rings. The zero-order valence-corrected chi connectivity index (χ0v) is 17.3. The molecule has 6 nitrogen and oxygen atoms in total. The number of ether oxygens (including phenoxy) is 1. The fourth-order valence-electron chi connectivity index (χ4n) is 2.82. The Bertz CT molecular complexity index is 1140. The Balaban J connectivity index is 1.34. The Labute approximate surface area is 177 Å². The summed E-state index contributed by atoms with van der Waals surface area (Å²) in [7, 11) is 0. The number of aryl methyl sites for hydroxylation is 1. The Hall–Kier alpha value is -2.90. The number of amides is 1. The maximum Gasteiger partial charge on any atom is 0.250 e. The fraction of sp³-hybridized carbons (Fsp3) is 0.190. The van der Waals surface area contributed by atoms with Crippen molar-refractivity contribution in [3.63, 3.8) is 0 Å². The van der Waals surface area contributed by atoms with Gasteiger partial charge in [0.25, 0.3) is 0 Å². The van der Waals surface area contributed by atoms with E-state index in [0.717, 1.165) is 16.2 Å². The molecule has 1 amide bonds. The minimum atomic E-state index is -0.150. The van der Waals surface area contributed by atoms with Crippen LogP contribution in [-0.4, -0.2) is 27.1 Å². The molecule has 0 aliphatic rings. The molecule has 2 aromatic heterocycles. The molecular weight excluding hydrogens is 408 g/mol. The second-order valence-electron chi connectivity index (χ2n) is 6.55. The number of aromatic nitrogens is 3. The molecule has 1 N–H and O–H groups in total. The molecule has 29 heavy (non-hydrogen) atoms. The molecule has 2 aromatic carbocycles. The summed E-state index contributed by atoms with van der Waals surface area (Å²) in [5, 5.41) is 9.76. The Morgan fingerprint density at radius 3 is 2.79 bits per heavy atom. The molecule has 0 saturated carbocycles. The number of fused-ring (bicyclic) bond motifs is 1. The van der Waals surface area contributed by atoms with E-state index in [4.69, 9.17) is 16.3 Å². The average molecular weight is 427 g/mol. The van der Waals surface area contributed by atoms with Crippen LogP contribution in [-0.2, 0) is 4.79 Å². The molecule has 0 saturated heterocycles. The number of carbonyl (C=O) groups excluding carboxylic acids is 1. The molecule has 0 unspecified atom stereocenters. The number of nitrogens with one attached hydrogen (secondary N) is 1. The van der Waals surface area contributed by atoms with Crippen molar-refractivity contribution in [3.05, 3.63) is 64.5 Å². The minimum absolute atomic E-state index is 0.150. The number of thiazole rings is 1. The second kappa shape index (κ2) is 8.63. The quantitative estimate of drug-likeness (QED) is 0.411. The molecule has 0 radical (unpaired) electrons. The third-order valence-corrected chi connectivity index (χ3v) is 5.45. The second-order valence-corrected chi connectivity index (χ2v) is 7.79. The first-order valence-electron chi connectivity index (χ1n) is 9.18. The van der Waals surface area contributed by atoms with Crippen LogP contribution in [0, 0.1) is 6.92 Å². The number of benzene rings is 2. The highest BCUT2D eigenvalue weighted by Gasteiger charge is 2.13. The number of nitrogens with zero attached hydrogens (tertiary/aromatic N) is 3. The highest BCUT2D eigenvalue weighted by atomic mass is 35.5. The van der Waals surface area contributed by atoms with Gasteiger partial charge in [-0.05, 0) is 25.5 Å². The lowest BCUT2D eigenvalue weighted by Gasteiger charge is -2.07. The van der Waals surface area contributed by atoms with Crippen LogP contribution >= 0.6 is 22.9 Å². The van der Waals surface area contributed by atoms with Gasteiger partial charge in [-0.1, -0.05) is 53.6 Å². The van der Waals surface area contributed by atoms with Crippen LogP contribution in [0.1, 0.15) is 18.4 Å². The number of anilines is 1. The third kappa shape index (κ3) is 4.58. The van der Waals surface area contributed by atoms with Crippen molar-refractivity contribution in [2.75, 3.05) is 11.9 Å². The number of para-hydroxylation sites is 1. The van der Waals surface area contributed by atoms with Crippen molar-refractivity contribution < 1.29 is 9.53 Å². The zero-order chi connectivity index (χ0) is 20.2. The SMILES string of the molecule is Cc1ccc(-c2csc3nc(NC(=O)CCCOc4ccccc4Cl)nn23)cc1. The smallest absolute Gasteiger partial charge is 0.250 e. The topological polar surface area (TPSA) is 68.5 Å². The van der Waals surface area contributed by atoms with E-state index in [0.29, 0.717) is 36.2 Å². The number of carbonyl (C=O) groups is 1. The predicted octanol–water partition coefficient (Wildman–Crippen LogP) is 5.22. The lowest BCUT2D eigenvalue weighted by atomic mass is 10.1. The van der Waals surface area contributed by atoms with Gasteiger partial charge in [-0.15, -0.1) is 16.4 Å². The van der Waals surface area contributed by atoms with Crippen molar-refractivity contribution in [2.45, 2.75) is 19.8 Å². The van der Waals surface area contributed by atoms with E-state index in [-0.39, 0.29) is 5.91 Å². The summed E-state index contributed by atoms with van der Waals surface area (Å²) >= 11 is 7.53. The van der Waals surface area contributed by atoms with Crippen molar-refractivity contribution in [1.82, 2.24) is 14.6 Å². The van der Waals surface area contributed by atoms with Crippen molar-refractivity contribution in [2.24, 2.45) is 0 Å². The first-order valence-corrected chi connectivity index (χ1v) is 10.4. The van der Waals surface area contributed by atoms with Crippen LogP contribution < -0.4 is 10.1 Å². The molecular formula is C21H19ClN4O2S. The number of hydrogen-bond acceptors (Lipinski definition) is 5. The summed E-state index contributed by atoms with van der Waals surface area (Å²) in [6, 6.07) is 15.5. The highest BCUT2D eigenvalue weighted by molar-refractivity contribution is 7.15. The van der Waals surface area contributed by atoms with Gasteiger partial charge in [0.15, 0.2) is 0 Å². The Kier molecular flexibility index (Phi) is 5.78. The van der Waals surface area contributed by atoms with Gasteiger partial charge in [0.2, 0.25) is 16.8 Å². The van der Waals surface area contributed by atoms with Crippen molar-refractivity contribution in [1.29, 1.82) is 0 Å². The van der Waals surface area contributed by atoms with Gasteiger partial charge >= 0.3 is 0 Å². The number of hydrogen-bond donors (Lipinski definition) is 1. The van der Waals surface area contributed by atoms with Gasteiger partial charge in [-0.3, -0.25) is 10.1 Å². The van der Waals surface area contributed by atoms with E-state index in [2.05, 4.69) is 46.6 Å². The van der Waals surface area contributed by atoms with Crippen LogP contribution in [0.15, 0.2) is 53.9 Å². The van der Waals surface area contributed by atoms with Crippen LogP contribution in [0.2, 0.25) is 5.02 Å². The normalized spacial score (nSPS) is 11.0. The van der Waals surface area contributed by atoms with E-state index in [1.807, 2.05) is 17.5 Å². The van der Waals surface area contributed by atoms with Gasteiger partial charge in [0, 0.05) is 17.4 Å². The molecule has 0 aliphatic carbocycles. The van der Waals surface area contributed by atoms with Crippen LogP contribution in [0.5, 0.6) is 5.75 Å². The van der Waals surface area contributed by atoms with E-state index in [1.165, 1.54) is 16.9 Å². The molecule has 0 fully saturated rings. The average Bonchev–Trinajstić information content (AvgIpc) is 3.27. The minimum Gasteiger partial charge on any atom is -0.492 e. The molecule has 0 spiro atoms. The number of rotatable bonds is 7. The lowest BCUT2D eigenvalue weighted by molar-refractivity contribution is -0.116. The predicted molar refractivity (Wildman–Crippen MR) is 116 cm³/mol. The summed E-state index contributed by atoms with van der Waals surface area (Å²) in [5.41, 5.74) is 3.21. The van der Waals surface area contributed by atoms with E-state index < -0.39 is 0 Å². The summed E-state index contributed by atoms with van der Waals surface area (Å²) in [5.74, 6) is 0.777. The first-order chi connectivity index (χ1) is 14.1. The Morgan fingerprint density at radius 1 is 1.21 bits per heavy atom. The first kappa shape index (κ1) is 19.4. The summed E-state index contributed by atoms with van der Waals surface area (Å²) in [4.78, 5) is 17.3. The molecule has 8 heteroatoms. The molecule has 0 atom stereocenters. The van der Waals surface area contributed by atoms with Gasteiger partial charge < -0.3 is 4.74 Å². The van der Waals surface area contributed by atoms with Crippen LogP contribution in [0.4, 0.5) is 5.95 Å². The molecule has 4 rings (SSSR count). The highest BCUT2D eigenvalue weighted by Crippen LogP contribution is 2.26. The Morgan fingerprint density at radius 2 is 2.00 bits per heavy atom. The molecule has 2 heterocycles. The summed E-state index contributed by atoms with van der Waals surface area (Å²) in [6.45, 7) is 2.45. The van der Waals surface area contributed by atoms with Gasteiger partial charge in [0.05, 0.1) is 17.3 Å². The van der Waals surface area contributed by atoms with E-state index in [9.17, 15) is 4.79 Å². The zero-order valence-electron chi connectivity index (χ0n) is 15.8. The van der Waals surface area contributed by atoms with Crippen LogP contribution in [0.3, 0.4) is 0 Å². The van der Waals surface area contributed by atoms with Crippen molar-refractivity contribution in [3.8, 4) is 17.0 Å². The summed E-state index contributed by atoms with van der Waals surface area (Å²) < 4.78 is 7.36. The number of halogens is 1. The maximum absolute atomic E-state index is 12.2. The summed E-state index contributed by atoms with van der Waals surface area (Å²) in [6.07, 6.45) is 0.871. The molecule has 148 valence electrons. The fourth-order valence-corrected chi connectivity index (χ4v) is 3.84. The van der Waals surface area contributed by atoms with E-state index in [1.54, 1.807) is 16.6 Å². The third-order valence-electron chi connectivity index (χ3n) is 4.32. The maximum atomic E-state index is 12.2. The van der Waals surface area contributed by atoms with Gasteiger partial charge in [-0.25, -0.2) is 4.52 Å².